The molecule has 1 saturated carbocycles. The van der Waals surface area contributed by atoms with Crippen molar-refractivity contribution in [3.8, 4) is 11.5 Å². The Morgan fingerprint density at radius 1 is 1.15 bits per heavy atom. The summed E-state index contributed by atoms with van der Waals surface area (Å²) < 4.78 is 35.3. The number of fused-ring (bicyclic) bond motifs is 1. The van der Waals surface area contributed by atoms with Crippen LogP contribution in [0.25, 0.3) is 0 Å². The van der Waals surface area contributed by atoms with Crippen LogP contribution < -0.4 is 15.2 Å². The maximum Gasteiger partial charge on any atom is 0.586 e. The molecule has 1 aromatic rings. The highest BCUT2D eigenvalue weighted by Crippen LogP contribution is 2.47. The van der Waals surface area contributed by atoms with E-state index in [9.17, 15) is 8.78 Å². The summed E-state index contributed by atoms with van der Waals surface area (Å²) in [5.41, 5.74) is 6.88. The molecule has 0 aromatic heterocycles. The molecule has 112 valence electrons. The smallest absolute Gasteiger partial charge is 0.395 e. The summed E-state index contributed by atoms with van der Waals surface area (Å²) in [7, 11) is 0. The molecule has 1 aliphatic heterocycles. The van der Waals surface area contributed by atoms with Crippen molar-refractivity contribution in [3.63, 3.8) is 0 Å². The zero-order valence-electron chi connectivity index (χ0n) is 11.0. The minimum Gasteiger partial charge on any atom is -0.395 e. The Morgan fingerprint density at radius 3 is 2.55 bits per heavy atom. The first-order chi connectivity index (χ1) is 9.07. The topological polar surface area (TPSA) is 44.5 Å². The lowest BCUT2D eigenvalue weighted by atomic mass is 9.81. The number of hydrogen-bond acceptors (Lipinski definition) is 3. The number of hydrogen-bond donors (Lipinski definition) is 1. The van der Waals surface area contributed by atoms with Gasteiger partial charge in [-0.1, -0.05) is 31.4 Å². The third kappa shape index (κ3) is 2.83. The summed E-state index contributed by atoms with van der Waals surface area (Å²) in [6.07, 6.45) is 2.05. The summed E-state index contributed by atoms with van der Waals surface area (Å²) in [5, 5.41) is 0. The van der Waals surface area contributed by atoms with Crippen LogP contribution in [-0.2, 0) is 0 Å². The molecule has 2 N–H and O–H groups in total. The summed E-state index contributed by atoms with van der Waals surface area (Å²) in [6, 6.07) is 4.64. The van der Waals surface area contributed by atoms with E-state index >= 15 is 0 Å². The number of rotatable bonds is 2. The molecule has 1 aromatic carbocycles. The quantitative estimate of drug-likeness (QED) is 0.898. The molecule has 3 rings (SSSR count). The Labute approximate surface area is 122 Å². The maximum absolute atomic E-state index is 13.1. The van der Waals surface area contributed by atoms with Crippen LogP contribution in [-0.4, -0.2) is 6.29 Å². The molecule has 2 aliphatic rings. The molecule has 0 amide bonds. The van der Waals surface area contributed by atoms with Crippen molar-refractivity contribution in [3.05, 3.63) is 23.8 Å². The van der Waals surface area contributed by atoms with Gasteiger partial charge in [0.1, 0.15) is 0 Å². The predicted molar refractivity (Wildman–Crippen MR) is 73.4 cm³/mol. The lowest BCUT2D eigenvalue weighted by molar-refractivity contribution is -0.287. The second-order valence-corrected chi connectivity index (χ2v) is 5.27. The lowest BCUT2D eigenvalue weighted by Crippen LogP contribution is -2.27. The molecule has 1 aliphatic carbocycles. The van der Waals surface area contributed by atoms with Gasteiger partial charge in [-0.05, 0) is 24.8 Å². The highest BCUT2D eigenvalue weighted by molar-refractivity contribution is 5.85. The summed E-state index contributed by atoms with van der Waals surface area (Å²) in [6.45, 7) is 0. The van der Waals surface area contributed by atoms with Gasteiger partial charge >= 0.3 is 6.29 Å². The molecule has 0 bridgehead atoms. The zero-order valence-corrected chi connectivity index (χ0v) is 11.8. The first-order valence-corrected chi connectivity index (χ1v) is 6.71. The van der Waals surface area contributed by atoms with Crippen LogP contribution in [0, 0.1) is 5.92 Å². The Hall–Kier alpha value is -1.07. The fourth-order valence-corrected chi connectivity index (χ4v) is 3.00. The Kier molecular flexibility index (Phi) is 4.39. The number of para-hydroxylation sites is 1. The molecule has 0 saturated heterocycles. The third-order valence-electron chi connectivity index (χ3n) is 3.98. The molecule has 1 fully saturated rings. The van der Waals surface area contributed by atoms with Gasteiger partial charge in [0, 0.05) is 11.6 Å². The van der Waals surface area contributed by atoms with E-state index in [1.807, 2.05) is 0 Å². The van der Waals surface area contributed by atoms with Crippen molar-refractivity contribution >= 4 is 12.4 Å². The van der Waals surface area contributed by atoms with Gasteiger partial charge in [0.25, 0.3) is 0 Å². The van der Waals surface area contributed by atoms with E-state index < -0.39 is 6.29 Å². The molecular formula is C14H18ClF2NO2. The summed E-state index contributed by atoms with van der Waals surface area (Å²) in [5.74, 6) is 0.511. The van der Waals surface area contributed by atoms with E-state index in [1.54, 1.807) is 12.1 Å². The van der Waals surface area contributed by atoms with E-state index in [4.69, 9.17) is 5.73 Å². The average Bonchev–Trinajstić information content (AvgIpc) is 2.72. The highest BCUT2D eigenvalue weighted by atomic mass is 35.5. The molecule has 20 heavy (non-hydrogen) atoms. The van der Waals surface area contributed by atoms with Gasteiger partial charge in [-0.15, -0.1) is 21.2 Å². The normalized spacial score (nSPS) is 22.1. The minimum absolute atomic E-state index is 0. The fraction of sp³-hybridized carbons (Fsp3) is 0.571. The van der Waals surface area contributed by atoms with Crippen molar-refractivity contribution in [2.24, 2.45) is 11.7 Å². The predicted octanol–water partition coefficient (Wildman–Crippen LogP) is 4.01. The zero-order chi connectivity index (χ0) is 13.5. The summed E-state index contributed by atoms with van der Waals surface area (Å²) in [4.78, 5) is 0. The van der Waals surface area contributed by atoms with Gasteiger partial charge in [0.05, 0.1) is 0 Å². The largest absolute Gasteiger partial charge is 0.586 e. The fourth-order valence-electron chi connectivity index (χ4n) is 3.00. The molecule has 6 heteroatoms. The third-order valence-corrected chi connectivity index (χ3v) is 3.98. The maximum atomic E-state index is 13.1. The Bertz CT molecular complexity index is 478. The van der Waals surface area contributed by atoms with Gasteiger partial charge in [-0.25, -0.2) is 0 Å². The van der Waals surface area contributed by atoms with Crippen molar-refractivity contribution in [1.29, 1.82) is 0 Å². The Balaban J connectivity index is 0.00000147. The van der Waals surface area contributed by atoms with E-state index in [-0.39, 0.29) is 29.9 Å². The van der Waals surface area contributed by atoms with Gasteiger partial charge in [0.15, 0.2) is 11.5 Å². The number of halogens is 3. The summed E-state index contributed by atoms with van der Waals surface area (Å²) >= 11 is 0. The van der Waals surface area contributed by atoms with Crippen LogP contribution in [0.1, 0.15) is 43.7 Å². The van der Waals surface area contributed by atoms with Crippen LogP contribution >= 0.6 is 12.4 Å². The van der Waals surface area contributed by atoms with Crippen LogP contribution in [0.3, 0.4) is 0 Å². The number of alkyl halides is 2. The van der Waals surface area contributed by atoms with Gasteiger partial charge < -0.3 is 15.2 Å². The molecule has 3 nitrogen and oxygen atoms in total. The van der Waals surface area contributed by atoms with E-state index in [2.05, 4.69) is 9.47 Å². The van der Waals surface area contributed by atoms with Crippen LogP contribution in [0.4, 0.5) is 8.78 Å². The molecule has 0 spiro atoms. The first-order valence-electron chi connectivity index (χ1n) is 6.71. The monoisotopic (exact) mass is 305 g/mol. The van der Waals surface area contributed by atoms with Crippen LogP contribution in [0.5, 0.6) is 11.5 Å². The molecular weight excluding hydrogens is 288 g/mol. The molecule has 1 atom stereocenters. The number of nitrogens with two attached hydrogens (primary N) is 1. The van der Waals surface area contributed by atoms with Crippen LogP contribution in [0.2, 0.25) is 0 Å². The van der Waals surface area contributed by atoms with Crippen molar-refractivity contribution < 1.29 is 18.3 Å². The SMILES string of the molecule is Cl.N[C@H](c1cccc2c1OC(F)(F)O2)C1CCCCC1. The van der Waals surface area contributed by atoms with Crippen molar-refractivity contribution in [2.75, 3.05) is 0 Å². The van der Waals surface area contributed by atoms with E-state index in [1.165, 1.54) is 12.5 Å². The van der Waals surface area contributed by atoms with E-state index in [0.29, 0.717) is 11.5 Å². The average molecular weight is 306 g/mol. The molecule has 0 unspecified atom stereocenters. The molecule has 1 heterocycles. The highest BCUT2D eigenvalue weighted by Gasteiger charge is 2.45. The lowest BCUT2D eigenvalue weighted by Gasteiger charge is -2.28. The van der Waals surface area contributed by atoms with Gasteiger partial charge in [-0.2, -0.15) is 0 Å². The first kappa shape index (κ1) is 15.3. The minimum atomic E-state index is -3.58. The van der Waals surface area contributed by atoms with Gasteiger partial charge in [0.2, 0.25) is 0 Å². The second-order valence-electron chi connectivity index (χ2n) is 5.27. The van der Waals surface area contributed by atoms with Crippen molar-refractivity contribution in [1.82, 2.24) is 0 Å². The second kappa shape index (κ2) is 5.74. The number of ether oxygens (including phenoxy) is 2. The van der Waals surface area contributed by atoms with E-state index in [0.717, 1.165) is 25.7 Å². The Morgan fingerprint density at radius 2 is 1.85 bits per heavy atom. The number of benzene rings is 1. The van der Waals surface area contributed by atoms with Crippen LogP contribution in [0.15, 0.2) is 18.2 Å². The standard InChI is InChI=1S/C14H17F2NO2.ClH/c15-14(16)18-11-8-4-7-10(13(11)19-14)12(17)9-5-2-1-3-6-9;/h4,7-9,12H,1-3,5-6,17H2;1H/t12-;/m0./s1. The molecule has 0 radical (unpaired) electrons. The van der Waals surface area contributed by atoms with Crippen molar-refractivity contribution in [2.45, 2.75) is 44.4 Å². The van der Waals surface area contributed by atoms with Gasteiger partial charge in [-0.3, -0.25) is 0 Å².